The van der Waals surface area contributed by atoms with Gasteiger partial charge < -0.3 is 0 Å². The quantitative estimate of drug-likeness (QED) is 0.700. The van der Waals surface area contributed by atoms with Gasteiger partial charge in [-0.3, -0.25) is 9.78 Å². The van der Waals surface area contributed by atoms with Crippen LogP contribution in [0.25, 0.3) is 0 Å². The van der Waals surface area contributed by atoms with Crippen LogP contribution in [0.1, 0.15) is 25.0 Å². The van der Waals surface area contributed by atoms with Gasteiger partial charge in [0.25, 0.3) is 0 Å². The minimum Gasteiger partial charge on any atom is -0.299 e. The fourth-order valence-corrected chi connectivity index (χ4v) is 1.41. The van der Waals surface area contributed by atoms with E-state index in [-0.39, 0.29) is 0 Å². The topological polar surface area (TPSA) is 30.0 Å². The highest BCUT2D eigenvalue weighted by molar-refractivity contribution is 5.83. The third-order valence-corrected chi connectivity index (χ3v) is 2.39. The number of aromatic nitrogens is 1. The van der Waals surface area contributed by atoms with E-state index in [9.17, 15) is 4.79 Å². The van der Waals surface area contributed by atoms with Gasteiger partial charge in [0.05, 0.1) is 0 Å². The average Bonchev–Trinajstić information content (AvgIpc) is 2.99. The Hall–Kier alpha value is -1.18. The van der Waals surface area contributed by atoms with Gasteiger partial charge in [0, 0.05) is 24.2 Å². The summed E-state index contributed by atoms with van der Waals surface area (Å²) >= 11 is 0. The molecule has 2 heteroatoms. The Morgan fingerprint density at radius 2 is 2.31 bits per heavy atom. The fourth-order valence-electron chi connectivity index (χ4n) is 1.41. The van der Waals surface area contributed by atoms with E-state index in [1.54, 1.807) is 6.20 Å². The van der Waals surface area contributed by atoms with Crippen molar-refractivity contribution >= 4 is 5.78 Å². The number of hydrogen-bond acceptors (Lipinski definition) is 2. The van der Waals surface area contributed by atoms with Crippen molar-refractivity contribution in [2.45, 2.75) is 25.7 Å². The Labute approximate surface area is 78.0 Å². The van der Waals surface area contributed by atoms with Gasteiger partial charge in [0.15, 0.2) is 0 Å². The summed E-state index contributed by atoms with van der Waals surface area (Å²) in [7, 11) is 0. The molecule has 1 heterocycles. The van der Waals surface area contributed by atoms with Gasteiger partial charge in [-0.1, -0.05) is 6.07 Å². The van der Waals surface area contributed by atoms with Crippen LogP contribution < -0.4 is 0 Å². The van der Waals surface area contributed by atoms with Gasteiger partial charge in [-0.2, -0.15) is 0 Å². The van der Waals surface area contributed by atoms with E-state index < -0.39 is 0 Å². The summed E-state index contributed by atoms with van der Waals surface area (Å²) < 4.78 is 0. The standard InChI is InChI=1S/C11H13NO/c13-11(9-4-5-9)7-6-10-3-1-2-8-12-10/h1-3,8-9H,4-7H2. The van der Waals surface area contributed by atoms with E-state index in [1.165, 1.54) is 0 Å². The van der Waals surface area contributed by atoms with E-state index in [0.29, 0.717) is 18.1 Å². The molecule has 0 bridgehead atoms. The van der Waals surface area contributed by atoms with Crippen molar-refractivity contribution < 1.29 is 4.79 Å². The lowest BCUT2D eigenvalue weighted by Crippen LogP contribution is -2.02. The molecule has 1 aromatic heterocycles. The summed E-state index contributed by atoms with van der Waals surface area (Å²) in [5, 5.41) is 0. The Bertz CT molecular complexity index is 290. The second-order valence-electron chi connectivity index (χ2n) is 3.56. The number of hydrogen-bond donors (Lipinski definition) is 0. The van der Waals surface area contributed by atoms with Gasteiger partial charge >= 0.3 is 0 Å². The van der Waals surface area contributed by atoms with Crippen LogP contribution in [0, 0.1) is 5.92 Å². The van der Waals surface area contributed by atoms with Crippen molar-refractivity contribution in [3.8, 4) is 0 Å². The SMILES string of the molecule is O=C(CCc1ccccn1)C1CC1. The summed E-state index contributed by atoms with van der Waals surface area (Å²) in [6.45, 7) is 0. The fraction of sp³-hybridized carbons (Fsp3) is 0.455. The van der Waals surface area contributed by atoms with E-state index >= 15 is 0 Å². The van der Waals surface area contributed by atoms with Crippen LogP contribution in [0.2, 0.25) is 0 Å². The lowest BCUT2D eigenvalue weighted by molar-refractivity contribution is -0.120. The maximum Gasteiger partial charge on any atom is 0.136 e. The molecule has 1 fully saturated rings. The lowest BCUT2D eigenvalue weighted by Gasteiger charge is -1.98. The molecule has 1 aromatic rings. The third kappa shape index (κ3) is 2.38. The molecule has 0 aliphatic heterocycles. The van der Waals surface area contributed by atoms with Crippen molar-refractivity contribution in [1.82, 2.24) is 4.98 Å². The summed E-state index contributed by atoms with van der Waals surface area (Å²) in [5.74, 6) is 0.814. The minimum atomic E-state index is 0.392. The van der Waals surface area contributed by atoms with E-state index in [0.717, 1.165) is 25.0 Å². The molecule has 0 N–H and O–H groups in total. The molecule has 1 aliphatic carbocycles. The van der Waals surface area contributed by atoms with Crippen LogP contribution in [-0.2, 0) is 11.2 Å². The van der Waals surface area contributed by atoms with Gasteiger partial charge in [-0.15, -0.1) is 0 Å². The molecule has 2 nitrogen and oxygen atoms in total. The third-order valence-electron chi connectivity index (χ3n) is 2.39. The highest BCUT2D eigenvalue weighted by Gasteiger charge is 2.28. The highest BCUT2D eigenvalue weighted by atomic mass is 16.1. The molecule has 1 aliphatic rings. The molecule has 13 heavy (non-hydrogen) atoms. The van der Waals surface area contributed by atoms with Crippen molar-refractivity contribution in [1.29, 1.82) is 0 Å². The Balaban J connectivity index is 1.82. The number of carbonyl (C=O) groups is 1. The molecule has 0 saturated heterocycles. The molecule has 0 aromatic carbocycles. The number of aryl methyl sites for hydroxylation is 1. The Morgan fingerprint density at radius 3 is 2.92 bits per heavy atom. The van der Waals surface area contributed by atoms with Crippen molar-refractivity contribution in [3.63, 3.8) is 0 Å². The van der Waals surface area contributed by atoms with Crippen LogP contribution in [0.5, 0.6) is 0 Å². The molecule has 68 valence electrons. The van der Waals surface area contributed by atoms with Crippen LogP contribution >= 0.6 is 0 Å². The molecule has 0 radical (unpaired) electrons. The first-order chi connectivity index (χ1) is 6.36. The maximum atomic E-state index is 11.4. The molecule has 0 atom stereocenters. The molecular formula is C11H13NO. The van der Waals surface area contributed by atoms with Gasteiger partial charge in [0.2, 0.25) is 0 Å². The molecule has 2 rings (SSSR count). The number of Topliss-reactive ketones (excluding diaryl/α,β-unsaturated/α-hetero) is 1. The number of carbonyl (C=O) groups excluding carboxylic acids is 1. The second kappa shape index (κ2) is 3.69. The molecule has 0 amide bonds. The number of pyridine rings is 1. The van der Waals surface area contributed by atoms with E-state index in [2.05, 4.69) is 4.98 Å². The van der Waals surface area contributed by atoms with Crippen molar-refractivity contribution in [3.05, 3.63) is 30.1 Å². The highest BCUT2D eigenvalue weighted by Crippen LogP contribution is 2.31. The summed E-state index contributed by atoms with van der Waals surface area (Å²) in [6, 6.07) is 5.83. The number of rotatable bonds is 4. The summed E-state index contributed by atoms with van der Waals surface area (Å²) in [6.07, 6.45) is 5.47. The first-order valence-electron chi connectivity index (χ1n) is 4.79. The maximum absolute atomic E-state index is 11.4. The predicted molar refractivity (Wildman–Crippen MR) is 50.3 cm³/mol. The van der Waals surface area contributed by atoms with E-state index in [4.69, 9.17) is 0 Å². The van der Waals surface area contributed by atoms with Crippen LogP contribution in [0.3, 0.4) is 0 Å². The number of nitrogens with zero attached hydrogens (tertiary/aromatic N) is 1. The van der Waals surface area contributed by atoms with Crippen molar-refractivity contribution in [2.24, 2.45) is 5.92 Å². The second-order valence-corrected chi connectivity index (χ2v) is 3.56. The molecular weight excluding hydrogens is 162 g/mol. The average molecular weight is 175 g/mol. The smallest absolute Gasteiger partial charge is 0.136 e. The van der Waals surface area contributed by atoms with E-state index in [1.807, 2.05) is 18.2 Å². The van der Waals surface area contributed by atoms with Crippen LogP contribution in [0.15, 0.2) is 24.4 Å². The monoisotopic (exact) mass is 175 g/mol. The zero-order chi connectivity index (χ0) is 9.10. The first kappa shape index (κ1) is 8.42. The number of ketones is 1. The normalized spacial score (nSPS) is 15.7. The molecule has 0 unspecified atom stereocenters. The molecule has 1 saturated carbocycles. The Morgan fingerprint density at radius 1 is 1.46 bits per heavy atom. The minimum absolute atomic E-state index is 0.392. The zero-order valence-corrected chi connectivity index (χ0v) is 7.57. The van der Waals surface area contributed by atoms with Gasteiger partial charge in [-0.05, 0) is 31.4 Å². The van der Waals surface area contributed by atoms with Crippen LogP contribution in [-0.4, -0.2) is 10.8 Å². The largest absolute Gasteiger partial charge is 0.299 e. The van der Waals surface area contributed by atoms with Crippen LogP contribution in [0.4, 0.5) is 0 Å². The van der Waals surface area contributed by atoms with Crippen molar-refractivity contribution in [2.75, 3.05) is 0 Å². The zero-order valence-electron chi connectivity index (χ0n) is 7.57. The van der Waals surface area contributed by atoms with Gasteiger partial charge in [-0.25, -0.2) is 0 Å². The predicted octanol–water partition coefficient (Wildman–Crippen LogP) is 1.99. The molecule has 0 spiro atoms. The Kier molecular flexibility index (Phi) is 2.39. The summed E-state index contributed by atoms with van der Waals surface area (Å²) in [5.41, 5.74) is 1.02. The summed E-state index contributed by atoms with van der Waals surface area (Å²) in [4.78, 5) is 15.5. The first-order valence-corrected chi connectivity index (χ1v) is 4.79. The lowest BCUT2D eigenvalue weighted by atomic mass is 10.1. The van der Waals surface area contributed by atoms with Gasteiger partial charge in [0.1, 0.15) is 5.78 Å².